The molecule has 1 aliphatic heterocycles. The van der Waals surface area contributed by atoms with Gasteiger partial charge in [0, 0.05) is 24.7 Å². The van der Waals surface area contributed by atoms with Gasteiger partial charge in [0.05, 0.1) is 13.0 Å². The van der Waals surface area contributed by atoms with Crippen molar-refractivity contribution < 1.29 is 27.4 Å². The molecule has 1 heterocycles. The van der Waals surface area contributed by atoms with Crippen molar-refractivity contribution in [3.8, 4) is 5.75 Å². The SMILES string of the molecule is O=C(Cc1cccc(OCC(F)(F)F)c1)OCC1CCN(c2ccccc2)C1. The van der Waals surface area contributed by atoms with E-state index in [2.05, 4.69) is 17.0 Å². The second kappa shape index (κ2) is 8.99. The highest BCUT2D eigenvalue weighted by molar-refractivity contribution is 5.72. The first-order chi connectivity index (χ1) is 13.4. The van der Waals surface area contributed by atoms with Crippen LogP contribution in [-0.4, -0.2) is 38.4 Å². The molecule has 1 unspecified atom stereocenters. The van der Waals surface area contributed by atoms with E-state index in [0.717, 1.165) is 25.2 Å². The maximum Gasteiger partial charge on any atom is 0.422 e. The van der Waals surface area contributed by atoms with Gasteiger partial charge in [0.15, 0.2) is 6.61 Å². The first-order valence-electron chi connectivity index (χ1n) is 9.13. The quantitative estimate of drug-likeness (QED) is 0.660. The Morgan fingerprint density at radius 1 is 1.11 bits per heavy atom. The average Bonchev–Trinajstić information content (AvgIpc) is 3.14. The lowest BCUT2D eigenvalue weighted by molar-refractivity contribution is -0.153. The molecule has 0 spiro atoms. The lowest BCUT2D eigenvalue weighted by Gasteiger charge is -2.18. The van der Waals surface area contributed by atoms with Crippen molar-refractivity contribution in [1.82, 2.24) is 0 Å². The zero-order valence-electron chi connectivity index (χ0n) is 15.3. The molecule has 0 N–H and O–H groups in total. The van der Waals surface area contributed by atoms with Crippen molar-refractivity contribution in [3.05, 3.63) is 60.2 Å². The van der Waals surface area contributed by atoms with Gasteiger partial charge >= 0.3 is 12.1 Å². The summed E-state index contributed by atoms with van der Waals surface area (Å²) in [6, 6.07) is 16.2. The van der Waals surface area contributed by atoms with Crippen molar-refractivity contribution in [2.45, 2.75) is 19.0 Å². The molecule has 1 aliphatic rings. The van der Waals surface area contributed by atoms with Crippen LogP contribution >= 0.6 is 0 Å². The zero-order valence-corrected chi connectivity index (χ0v) is 15.3. The first-order valence-corrected chi connectivity index (χ1v) is 9.13. The molecular weight excluding hydrogens is 371 g/mol. The van der Waals surface area contributed by atoms with E-state index in [1.54, 1.807) is 12.1 Å². The van der Waals surface area contributed by atoms with Gasteiger partial charge in [-0.1, -0.05) is 30.3 Å². The maximum absolute atomic E-state index is 12.2. The third kappa shape index (κ3) is 6.18. The Morgan fingerprint density at radius 3 is 2.64 bits per heavy atom. The van der Waals surface area contributed by atoms with Crippen molar-refractivity contribution in [1.29, 1.82) is 0 Å². The normalized spacial score (nSPS) is 16.8. The summed E-state index contributed by atoms with van der Waals surface area (Å²) in [5, 5.41) is 0. The maximum atomic E-state index is 12.2. The van der Waals surface area contributed by atoms with E-state index in [4.69, 9.17) is 9.47 Å². The van der Waals surface area contributed by atoms with Crippen molar-refractivity contribution >= 4 is 11.7 Å². The van der Waals surface area contributed by atoms with Crippen LogP contribution in [0.5, 0.6) is 5.75 Å². The van der Waals surface area contributed by atoms with Crippen LogP contribution in [0.25, 0.3) is 0 Å². The van der Waals surface area contributed by atoms with Crippen molar-refractivity contribution in [2.75, 3.05) is 31.2 Å². The Labute approximate surface area is 161 Å². The number of benzene rings is 2. The average molecular weight is 393 g/mol. The molecule has 1 atom stereocenters. The van der Waals surface area contributed by atoms with Gasteiger partial charge in [-0.15, -0.1) is 0 Å². The van der Waals surface area contributed by atoms with Gasteiger partial charge in [-0.25, -0.2) is 0 Å². The highest BCUT2D eigenvalue weighted by atomic mass is 19.4. The van der Waals surface area contributed by atoms with E-state index >= 15 is 0 Å². The predicted molar refractivity (Wildman–Crippen MR) is 99.4 cm³/mol. The van der Waals surface area contributed by atoms with Gasteiger partial charge in [-0.3, -0.25) is 4.79 Å². The van der Waals surface area contributed by atoms with Gasteiger partial charge in [0.2, 0.25) is 0 Å². The molecule has 0 aliphatic carbocycles. The number of carbonyl (C=O) groups is 1. The van der Waals surface area contributed by atoms with E-state index in [9.17, 15) is 18.0 Å². The Kier molecular flexibility index (Phi) is 6.44. The van der Waals surface area contributed by atoms with Crippen LogP contribution in [-0.2, 0) is 16.0 Å². The van der Waals surface area contributed by atoms with E-state index in [0.29, 0.717) is 12.2 Å². The number of ether oxygens (including phenoxy) is 2. The molecule has 2 aromatic rings. The van der Waals surface area contributed by atoms with E-state index in [1.807, 2.05) is 18.2 Å². The molecule has 1 saturated heterocycles. The van der Waals surface area contributed by atoms with Gasteiger partial charge in [-0.05, 0) is 36.2 Å². The standard InChI is InChI=1S/C21H22F3NO3/c22-21(23,24)15-28-19-8-4-5-16(11-19)12-20(26)27-14-17-9-10-25(13-17)18-6-2-1-3-7-18/h1-8,11,17H,9-10,12-15H2. The largest absolute Gasteiger partial charge is 0.484 e. The summed E-state index contributed by atoms with van der Waals surface area (Å²) in [6.07, 6.45) is -3.45. The van der Waals surface area contributed by atoms with E-state index in [1.165, 1.54) is 12.1 Å². The smallest absolute Gasteiger partial charge is 0.422 e. The number of rotatable bonds is 7. The number of nitrogens with zero attached hydrogens (tertiary/aromatic N) is 1. The molecule has 2 aromatic carbocycles. The zero-order chi connectivity index (χ0) is 20.0. The molecular formula is C21H22F3NO3. The van der Waals surface area contributed by atoms with E-state index < -0.39 is 18.8 Å². The van der Waals surface area contributed by atoms with Gasteiger partial charge in [-0.2, -0.15) is 13.2 Å². The van der Waals surface area contributed by atoms with Gasteiger partial charge in [0.25, 0.3) is 0 Å². The second-order valence-corrected chi connectivity index (χ2v) is 6.85. The minimum absolute atomic E-state index is 0.00165. The molecule has 7 heteroatoms. The summed E-state index contributed by atoms with van der Waals surface area (Å²) in [4.78, 5) is 14.4. The fourth-order valence-electron chi connectivity index (χ4n) is 3.18. The van der Waals surface area contributed by atoms with Crippen molar-refractivity contribution in [3.63, 3.8) is 0 Å². The molecule has 0 amide bonds. The predicted octanol–water partition coefficient (Wildman–Crippen LogP) is 4.24. The van der Waals surface area contributed by atoms with Crippen LogP contribution in [0, 0.1) is 5.92 Å². The number of para-hydroxylation sites is 1. The van der Waals surface area contributed by atoms with E-state index in [-0.39, 0.29) is 18.1 Å². The Bertz CT molecular complexity index is 780. The molecule has 0 aromatic heterocycles. The van der Waals surface area contributed by atoms with Gasteiger partial charge < -0.3 is 14.4 Å². The summed E-state index contributed by atoms with van der Waals surface area (Å²) >= 11 is 0. The number of carbonyl (C=O) groups excluding carboxylic acids is 1. The minimum Gasteiger partial charge on any atom is -0.484 e. The highest BCUT2D eigenvalue weighted by Crippen LogP contribution is 2.24. The number of esters is 1. The lowest BCUT2D eigenvalue weighted by atomic mass is 10.1. The van der Waals surface area contributed by atoms with Crippen LogP contribution in [0.3, 0.4) is 0 Å². The second-order valence-electron chi connectivity index (χ2n) is 6.85. The van der Waals surface area contributed by atoms with Gasteiger partial charge in [0.1, 0.15) is 5.75 Å². The van der Waals surface area contributed by atoms with Crippen molar-refractivity contribution in [2.24, 2.45) is 5.92 Å². The minimum atomic E-state index is -4.40. The number of alkyl halides is 3. The summed E-state index contributed by atoms with van der Waals surface area (Å²) in [5.74, 6) is -0.0475. The highest BCUT2D eigenvalue weighted by Gasteiger charge is 2.28. The molecule has 4 nitrogen and oxygen atoms in total. The Morgan fingerprint density at radius 2 is 1.89 bits per heavy atom. The third-order valence-corrected chi connectivity index (χ3v) is 4.54. The molecule has 0 radical (unpaired) electrons. The Balaban J connectivity index is 1.43. The molecule has 150 valence electrons. The Hall–Kier alpha value is -2.70. The fourth-order valence-corrected chi connectivity index (χ4v) is 3.18. The molecule has 0 bridgehead atoms. The number of halogens is 3. The number of hydrogen-bond acceptors (Lipinski definition) is 4. The molecule has 3 rings (SSSR count). The molecule has 1 fully saturated rings. The van der Waals surface area contributed by atoms with Crippen LogP contribution in [0.1, 0.15) is 12.0 Å². The van der Waals surface area contributed by atoms with Crippen LogP contribution < -0.4 is 9.64 Å². The summed E-state index contributed by atoms with van der Waals surface area (Å²) in [7, 11) is 0. The fraction of sp³-hybridized carbons (Fsp3) is 0.381. The number of anilines is 1. The summed E-state index contributed by atoms with van der Waals surface area (Å²) in [5.41, 5.74) is 1.72. The monoisotopic (exact) mass is 393 g/mol. The summed E-state index contributed by atoms with van der Waals surface area (Å²) in [6.45, 7) is 0.732. The number of hydrogen-bond donors (Lipinski definition) is 0. The molecule has 28 heavy (non-hydrogen) atoms. The molecule has 0 saturated carbocycles. The summed E-state index contributed by atoms with van der Waals surface area (Å²) < 4.78 is 46.8. The third-order valence-electron chi connectivity index (χ3n) is 4.54. The van der Waals surface area contributed by atoms with Crippen LogP contribution in [0.2, 0.25) is 0 Å². The first kappa shape index (κ1) is 20.0. The van der Waals surface area contributed by atoms with Crippen LogP contribution in [0.4, 0.5) is 18.9 Å². The topological polar surface area (TPSA) is 38.8 Å². The van der Waals surface area contributed by atoms with Crippen LogP contribution in [0.15, 0.2) is 54.6 Å². The lowest BCUT2D eigenvalue weighted by Crippen LogP contribution is -2.22.